The van der Waals surface area contributed by atoms with Crippen molar-refractivity contribution in [3.63, 3.8) is 0 Å². The molecule has 1 saturated heterocycles. The molecule has 5 nitrogen and oxygen atoms in total. The van der Waals surface area contributed by atoms with Gasteiger partial charge in [0.1, 0.15) is 0 Å². The number of carboxylic acids is 1. The van der Waals surface area contributed by atoms with Crippen LogP contribution in [-0.2, 0) is 11.0 Å². The number of rotatable bonds is 10. The molecule has 1 aliphatic rings. The predicted molar refractivity (Wildman–Crippen MR) is 115 cm³/mol. The SMILES string of the molecule is O=C(O)CCCCCCCN1CC(c2ccccc2)N(c2cccc(C(F)(F)F)c2)C1=O. The van der Waals surface area contributed by atoms with E-state index in [1.807, 2.05) is 30.3 Å². The second kappa shape index (κ2) is 10.5. The third kappa shape index (κ3) is 6.02. The fourth-order valence-corrected chi connectivity index (χ4v) is 4.00. The minimum atomic E-state index is -4.48. The van der Waals surface area contributed by atoms with Gasteiger partial charge < -0.3 is 10.0 Å². The van der Waals surface area contributed by atoms with E-state index in [0.717, 1.165) is 43.4 Å². The zero-order chi connectivity index (χ0) is 23.1. The van der Waals surface area contributed by atoms with Gasteiger partial charge in [0.05, 0.1) is 11.6 Å². The number of hydrogen-bond acceptors (Lipinski definition) is 2. The zero-order valence-corrected chi connectivity index (χ0v) is 17.7. The molecule has 8 heteroatoms. The second-order valence-electron chi connectivity index (χ2n) is 7.98. The summed E-state index contributed by atoms with van der Waals surface area (Å²) in [6.45, 7) is 0.911. The Morgan fingerprint density at radius 2 is 1.66 bits per heavy atom. The van der Waals surface area contributed by atoms with Crippen LogP contribution in [0.5, 0.6) is 0 Å². The zero-order valence-electron chi connectivity index (χ0n) is 17.7. The number of carbonyl (C=O) groups is 2. The number of nitrogens with zero attached hydrogens (tertiary/aromatic N) is 2. The smallest absolute Gasteiger partial charge is 0.416 e. The molecular weight excluding hydrogens is 421 g/mol. The van der Waals surface area contributed by atoms with Gasteiger partial charge in [-0.15, -0.1) is 0 Å². The van der Waals surface area contributed by atoms with E-state index >= 15 is 0 Å². The van der Waals surface area contributed by atoms with Crippen LogP contribution in [0.1, 0.15) is 55.7 Å². The molecule has 2 aromatic rings. The van der Waals surface area contributed by atoms with Crippen molar-refractivity contribution in [2.45, 2.75) is 50.7 Å². The molecule has 0 bridgehead atoms. The van der Waals surface area contributed by atoms with E-state index in [9.17, 15) is 22.8 Å². The second-order valence-corrected chi connectivity index (χ2v) is 7.98. The number of aliphatic carboxylic acids is 1. The van der Waals surface area contributed by atoms with E-state index in [0.29, 0.717) is 19.5 Å². The van der Waals surface area contributed by atoms with Crippen molar-refractivity contribution in [3.8, 4) is 0 Å². The molecule has 1 N–H and O–H groups in total. The maximum Gasteiger partial charge on any atom is 0.416 e. The molecule has 1 heterocycles. The first-order valence-corrected chi connectivity index (χ1v) is 10.8. The summed E-state index contributed by atoms with van der Waals surface area (Å²) in [5, 5.41) is 8.68. The average molecular weight is 448 g/mol. The van der Waals surface area contributed by atoms with Crippen LogP contribution < -0.4 is 4.90 Å². The molecule has 0 saturated carbocycles. The largest absolute Gasteiger partial charge is 0.481 e. The van der Waals surface area contributed by atoms with Gasteiger partial charge in [0.15, 0.2) is 0 Å². The maximum absolute atomic E-state index is 13.2. The van der Waals surface area contributed by atoms with Crippen molar-refractivity contribution in [1.29, 1.82) is 0 Å². The monoisotopic (exact) mass is 448 g/mol. The van der Waals surface area contributed by atoms with Crippen molar-refractivity contribution < 1.29 is 27.9 Å². The molecule has 3 rings (SSSR count). The van der Waals surface area contributed by atoms with Gasteiger partial charge in [0.2, 0.25) is 0 Å². The highest BCUT2D eigenvalue weighted by molar-refractivity contribution is 5.95. The Morgan fingerprint density at radius 1 is 0.969 bits per heavy atom. The number of urea groups is 1. The maximum atomic E-state index is 13.2. The van der Waals surface area contributed by atoms with Crippen LogP contribution in [0.2, 0.25) is 0 Å². The first-order valence-electron chi connectivity index (χ1n) is 10.8. The summed E-state index contributed by atoms with van der Waals surface area (Å²) in [4.78, 5) is 26.9. The minimum Gasteiger partial charge on any atom is -0.481 e. The van der Waals surface area contributed by atoms with E-state index < -0.39 is 17.7 Å². The first kappa shape index (κ1) is 23.6. The fourth-order valence-electron chi connectivity index (χ4n) is 4.00. The summed E-state index contributed by atoms with van der Waals surface area (Å²) in [6.07, 6.45) is -0.355. The van der Waals surface area contributed by atoms with Gasteiger partial charge >= 0.3 is 18.2 Å². The summed E-state index contributed by atoms with van der Waals surface area (Å²) in [5.74, 6) is -0.797. The number of amides is 2. The molecule has 172 valence electrons. The van der Waals surface area contributed by atoms with Crippen LogP contribution in [0.3, 0.4) is 0 Å². The summed E-state index contributed by atoms with van der Waals surface area (Å²) < 4.78 is 39.7. The Bertz CT molecular complexity index is 918. The van der Waals surface area contributed by atoms with Crippen molar-refractivity contribution in [1.82, 2.24) is 4.90 Å². The van der Waals surface area contributed by atoms with Gasteiger partial charge in [-0.25, -0.2) is 4.79 Å². The lowest BCUT2D eigenvalue weighted by molar-refractivity contribution is -0.138. The van der Waals surface area contributed by atoms with Crippen molar-refractivity contribution in [3.05, 3.63) is 65.7 Å². The predicted octanol–water partition coefficient (Wildman–Crippen LogP) is 6.11. The molecule has 1 fully saturated rings. The number of benzene rings is 2. The number of anilines is 1. The Morgan fingerprint density at radius 3 is 2.34 bits per heavy atom. The lowest BCUT2D eigenvalue weighted by atomic mass is 10.1. The molecular formula is C24H27F3N2O3. The summed E-state index contributed by atoms with van der Waals surface area (Å²) in [6, 6.07) is 13.5. The number of alkyl halides is 3. The topological polar surface area (TPSA) is 60.9 Å². The third-order valence-corrected chi connectivity index (χ3v) is 5.64. The van der Waals surface area contributed by atoms with E-state index in [4.69, 9.17) is 5.11 Å². The van der Waals surface area contributed by atoms with Crippen LogP contribution >= 0.6 is 0 Å². The van der Waals surface area contributed by atoms with Crippen LogP contribution in [0.25, 0.3) is 0 Å². The molecule has 0 aromatic heterocycles. The molecule has 2 aromatic carbocycles. The Balaban J connectivity index is 1.71. The van der Waals surface area contributed by atoms with Crippen molar-refractivity contribution in [2.75, 3.05) is 18.0 Å². The van der Waals surface area contributed by atoms with Gasteiger partial charge in [-0.3, -0.25) is 9.69 Å². The van der Waals surface area contributed by atoms with Gasteiger partial charge in [0, 0.05) is 25.2 Å². The molecule has 1 unspecified atom stereocenters. The first-order chi connectivity index (χ1) is 15.3. The third-order valence-electron chi connectivity index (χ3n) is 5.64. The summed E-state index contributed by atoms with van der Waals surface area (Å²) in [7, 11) is 0. The number of carboxylic acid groups (broad SMARTS) is 1. The number of halogens is 3. The normalized spacial score (nSPS) is 16.6. The standard InChI is InChI=1S/C24H27F3N2O3/c25-24(26,27)19-12-9-13-20(16-19)29-21(18-10-5-4-6-11-18)17-28(23(29)32)15-8-3-1-2-7-14-22(30)31/h4-6,9-13,16,21H,1-3,7-8,14-15,17H2,(H,30,31). The summed E-state index contributed by atoms with van der Waals surface area (Å²) in [5.41, 5.74) is 0.318. The highest BCUT2D eigenvalue weighted by atomic mass is 19.4. The van der Waals surface area contributed by atoms with Gasteiger partial charge in [-0.05, 0) is 36.6 Å². The Labute approximate surface area is 185 Å². The van der Waals surface area contributed by atoms with Crippen LogP contribution in [0.15, 0.2) is 54.6 Å². The van der Waals surface area contributed by atoms with Crippen molar-refractivity contribution in [2.24, 2.45) is 0 Å². The molecule has 1 aliphatic heterocycles. The average Bonchev–Trinajstić information content (AvgIpc) is 3.09. The van der Waals surface area contributed by atoms with Gasteiger partial charge in [-0.2, -0.15) is 13.2 Å². The van der Waals surface area contributed by atoms with Crippen molar-refractivity contribution >= 4 is 17.7 Å². The molecule has 0 spiro atoms. The number of carbonyl (C=O) groups excluding carboxylic acids is 1. The van der Waals surface area contributed by atoms with Gasteiger partial charge in [-0.1, -0.05) is 55.7 Å². The number of unbranched alkanes of at least 4 members (excludes halogenated alkanes) is 4. The molecule has 2 amide bonds. The minimum absolute atomic E-state index is 0.162. The Kier molecular flexibility index (Phi) is 7.77. The lowest BCUT2D eigenvalue weighted by Crippen LogP contribution is -2.33. The lowest BCUT2D eigenvalue weighted by Gasteiger charge is -2.24. The molecule has 0 radical (unpaired) electrons. The molecule has 0 aliphatic carbocycles. The molecule has 1 atom stereocenters. The fraction of sp³-hybridized carbons (Fsp3) is 0.417. The highest BCUT2D eigenvalue weighted by Crippen LogP contribution is 2.37. The molecule has 32 heavy (non-hydrogen) atoms. The van der Waals surface area contributed by atoms with Crippen LogP contribution in [-0.4, -0.2) is 35.1 Å². The van der Waals surface area contributed by atoms with E-state index in [2.05, 4.69) is 0 Å². The van der Waals surface area contributed by atoms with Crippen LogP contribution in [0, 0.1) is 0 Å². The quantitative estimate of drug-likeness (QED) is 0.446. The van der Waals surface area contributed by atoms with Gasteiger partial charge in [0.25, 0.3) is 0 Å². The summed E-state index contributed by atoms with van der Waals surface area (Å²) >= 11 is 0. The van der Waals surface area contributed by atoms with E-state index in [1.165, 1.54) is 17.0 Å². The van der Waals surface area contributed by atoms with E-state index in [-0.39, 0.29) is 24.2 Å². The van der Waals surface area contributed by atoms with E-state index in [1.54, 1.807) is 4.90 Å². The van der Waals surface area contributed by atoms with Crippen LogP contribution in [0.4, 0.5) is 23.7 Å². The Hall–Kier alpha value is -3.03. The number of hydrogen-bond donors (Lipinski definition) is 1. The highest BCUT2D eigenvalue weighted by Gasteiger charge is 2.40.